The fraction of sp³-hybridized carbons (Fsp3) is 0.800. The number of hydrogen-bond acceptors (Lipinski definition) is 3. The predicted molar refractivity (Wildman–Crippen MR) is 51.9 cm³/mol. The lowest BCUT2D eigenvalue weighted by Gasteiger charge is -2.09. The number of rotatable bonds is 7. The van der Waals surface area contributed by atoms with Gasteiger partial charge in [0.25, 0.3) is 0 Å². The lowest BCUT2D eigenvalue weighted by atomic mass is 10.0. The van der Waals surface area contributed by atoms with E-state index >= 15 is 0 Å². The molecule has 0 spiro atoms. The normalized spacial score (nSPS) is 12.1. The van der Waals surface area contributed by atoms with Gasteiger partial charge in [-0.2, -0.15) is 0 Å². The van der Waals surface area contributed by atoms with Crippen molar-refractivity contribution in [2.45, 2.75) is 39.5 Å². The van der Waals surface area contributed by atoms with Crippen molar-refractivity contribution in [1.29, 1.82) is 0 Å². The maximum atomic E-state index is 11.1. The van der Waals surface area contributed by atoms with Crippen LogP contribution in [0.3, 0.4) is 0 Å². The standard InChI is InChI=1S/C10H18O4/c1-3-14-10(13)8(2)6-4-5-7-9(11)12/h8H,3-7H2,1-2H3,(H,11,12). The summed E-state index contributed by atoms with van der Waals surface area (Å²) < 4.78 is 4.83. The summed E-state index contributed by atoms with van der Waals surface area (Å²) in [4.78, 5) is 21.3. The average Bonchev–Trinajstić information content (AvgIpc) is 2.12. The van der Waals surface area contributed by atoms with Gasteiger partial charge in [-0.25, -0.2) is 0 Å². The highest BCUT2D eigenvalue weighted by molar-refractivity contribution is 5.71. The SMILES string of the molecule is CCOC(=O)C(C)CCCCC(=O)O. The fourth-order valence-electron chi connectivity index (χ4n) is 1.13. The minimum Gasteiger partial charge on any atom is -0.481 e. The first-order valence-corrected chi connectivity index (χ1v) is 4.96. The third-order valence-corrected chi connectivity index (χ3v) is 1.97. The summed E-state index contributed by atoms with van der Waals surface area (Å²) in [7, 11) is 0. The lowest BCUT2D eigenvalue weighted by Crippen LogP contribution is -2.14. The van der Waals surface area contributed by atoms with Gasteiger partial charge in [0, 0.05) is 6.42 Å². The molecule has 0 saturated carbocycles. The zero-order valence-electron chi connectivity index (χ0n) is 8.78. The summed E-state index contributed by atoms with van der Waals surface area (Å²) in [5.74, 6) is -1.10. The summed E-state index contributed by atoms with van der Waals surface area (Å²) in [5.41, 5.74) is 0. The van der Waals surface area contributed by atoms with E-state index in [4.69, 9.17) is 9.84 Å². The van der Waals surface area contributed by atoms with Crippen molar-refractivity contribution in [3.8, 4) is 0 Å². The molecular formula is C10H18O4. The molecule has 1 atom stereocenters. The van der Waals surface area contributed by atoms with E-state index in [1.54, 1.807) is 13.8 Å². The molecule has 0 bridgehead atoms. The lowest BCUT2D eigenvalue weighted by molar-refractivity contribution is -0.147. The van der Waals surface area contributed by atoms with Crippen molar-refractivity contribution >= 4 is 11.9 Å². The van der Waals surface area contributed by atoms with E-state index in [2.05, 4.69) is 0 Å². The van der Waals surface area contributed by atoms with E-state index in [1.807, 2.05) is 0 Å². The van der Waals surface area contributed by atoms with Crippen LogP contribution in [-0.2, 0) is 14.3 Å². The molecule has 82 valence electrons. The highest BCUT2D eigenvalue weighted by atomic mass is 16.5. The number of aliphatic carboxylic acids is 1. The predicted octanol–water partition coefficient (Wildman–Crippen LogP) is 1.83. The van der Waals surface area contributed by atoms with Gasteiger partial charge < -0.3 is 9.84 Å². The average molecular weight is 202 g/mol. The monoisotopic (exact) mass is 202 g/mol. The summed E-state index contributed by atoms with van der Waals surface area (Å²) in [5, 5.41) is 8.38. The number of carbonyl (C=O) groups is 2. The van der Waals surface area contributed by atoms with Crippen LogP contribution in [0, 0.1) is 5.92 Å². The minimum atomic E-state index is -0.784. The minimum absolute atomic E-state index is 0.122. The first-order chi connectivity index (χ1) is 6.57. The molecule has 0 saturated heterocycles. The Hall–Kier alpha value is -1.06. The van der Waals surface area contributed by atoms with Crippen molar-refractivity contribution in [3.63, 3.8) is 0 Å². The highest BCUT2D eigenvalue weighted by Gasteiger charge is 2.13. The molecule has 0 amide bonds. The maximum Gasteiger partial charge on any atom is 0.308 e. The van der Waals surface area contributed by atoms with Gasteiger partial charge in [-0.05, 0) is 19.8 Å². The van der Waals surface area contributed by atoms with E-state index < -0.39 is 5.97 Å². The zero-order valence-corrected chi connectivity index (χ0v) is 8.78. The third kappa shape index (κ3) is 6.46. The van der Waals surface area contributed by atoms with Crippen LogP contribution in [0.15, 0.2) is 0 Å². The largest absolute Gasteiger partial charge is 0.481 e. The van der Waals surface area contributed by atoms with Gasteiger partial charge >= 0.3 is 11.9 Å². The van der Waals surface area contributed by atoms with Gasteiger partial charge in [0.15, 0.2) is 0 Å². The van der Waals surface area contributed by atoms with Crippen molar-refractivity contribution < 1.29 is 19.4 Å². The first-order valence-electron chi connectivity index (χ1n) is 4.96. The van der Waals surface area contributed by atoms with Crippen LogP contribution < -0.4 is 0 Å². The van der Waals surface area contributed by atoms with E-state index in [-0.39, 0.29) is 18.3 Å². The van der Waals surface area contributed by atoms with E-state index in [1.165, 1.54) is 0 Å². The number of unbranched alkanes of at least 4 members (excludes halogenated alkanes) is 1. The Bertz CT molecular complexity index is 189. The van der Waals surface area contributed by atoms with Gasteiger partial charge in [0.1, 0.15) is 0 Å². The number of carboxylic acid groups (broad SMARTS) is 1. The van der Waals surface area contributed by atoms with Crippen LogP contribution in [0.25, 0.3) is 0 Å². The molecule has 4 nitrogen and oxygen atoms in total. The Labute approximate surface area is 84.3 Å². The summed E-state index contributed by atoms with van der Waals surface area (Å²) in [6, 6.07) is 0. The maximum absolute atomic E-state index is 11.1. The Kier molecular flexibility index (Phi) is 6.80. The van der Waals surface area contributed by atoms with Gasteiger partial charge in [-0.3, -0.25) is 9.59 Å². The van der Waals surface area contributed by atoms with Crippen LogP contribution in [0.4, 0.5) is 0 Å². The van der Waals surface area contributed by atoms with E-state index in [0.29, 0.717) is 19.4 Å². The van der Waals surface area contributed by atoms with E-state index in [0.717, 1.165) is 6.42 Å². The third-order valence-electron chi connectivity index (χ3n) is 1.97. The molecule has 14 heavy (non-hydrogen) atoms. The van der Waals surface area contributed by atoms with Gasteiger partial charge in [-0.15, -0.1) is 0 Å². The zero-order chi connectivity index (χ0) is 11.0. The molecule has 0 rings (SSSR count). The first kappa shape index (κ1) is 12.9. The second kappa shape index (κ2) is 7.35. The highest BCUT2D eigenvalue weighted by Crippen LogP contribution is 2.10. The molecule has 0 aromatic heterocycles. The molecule has 4 heteroatoms. The smallest absolute Gasteiger partial charge is 0.308 e. The molecule has 0 aliphatic carbocycles. The van der Waals surface area contributed by atoms with Crippen LogP contribution in [0.5, 0.6) is 0 Å². The number of hydrogen-bond donors (Lipinski definition) is 1. The Morgan fingerprint density at radius 2 is 2.00 bits per heavy atom. The molecule has 0 fully saturated rings. The molecule has 0 heterocycles. The summed E-state index contributed by atoms with van der Waals surface area (Å²) in [6.07, 6.45) is 2.26. The Balaban J connectivity index is 3.48. The molecule has 1 N–H and O–H groups in total. The number of ether oxygens (including phenoxy) is 1. The van der Waals surface area contributed by atoms with Gasteiger partial charge in [0.2, 0.25) is 0 Å². The van der Waals surface area contributed by atoms with Crippen molar-refractivity contribution in [1.82, 2.24) is 0 Å². The van der Waals surface area contributed by atoms with Crippen molar-refractivity contribution in [2.75, 3.05) is 6.61 Å². The molecule has 0 aromatic carbocycles. The molecule has 0 aliphatic heterocycles. The van der Waals surface area contributed by atoms with Crippen LogP contribution >= 0.6 is 0 Å². The number of carbonyl (C=O) groups excluding carboxylic acids is 1. The fourth-order valence-corrected chi connectivity index (χ4v) is 1.13. The molecular weight excluding hydrogens is 184 g/mol. The number of carboxylic acids is 1. The van der Waals surface area contributed by atoms with Crippen molar-refractivity contribution in [2.24, 2.45) is 5.92 Å². The topological polar surface area (TPSA) is 63.6 Å². The summed E-state index contributed by atoms with van der Waals surface area (Å²) >= 11 is 0. The van der Waals surface area contributed by atoms with Crippen LogP contribution in [0.1, 0.15) is 39.5 Å². The van der Waals surface area contributed by atoms with E-state index in [9.17, 15) is 9.59 Å². The second-order valence-corrected chi connectivity index (χ2v) is 3.29. The Morgan fingerprint density at radius 1 is 1.36 bits per heavy atom. The second-order valence-electron chi connectivity index (χ2n) is 3.29. The molecule has 0 radical (unpaired) electrons. The van der Waals surface area contributed by atoms with Crippen LogP contribution in [0.2, 0.25) is 0 Å². The van der Waals surface area contributed by atoms with Gasteiger partial charge in [-0.1, -0.05) is 13.3 Å². The molecule has 0 aromatic rings. The van der Waals surface area contributed by atoms with Crippen molar-refractivity contribution in [3.05, 3.63) is 0 Å². The summed E-state index contributed by atoms with van der Waals surface area (Å²) in [6.45, 7) is 3.98. The van der Waals surface area contributed by atoms with Crippen LogP contribution in [-0.4, -0.2) is 23.7 Å². The number of esters is 1. The molecule has 1 unspecified atom stereocenters. The molecule has 0 aliphatic rings. The quantitative estimate of drug-likeness (QED) is 0.505. The Morgan fingerprint density at radius 3 is 2.50 bits per heavy atom. The van der Waals surface area contributed by atoms with Gasteiger partial charge in [0.05, 0.1) is 12.5 Å².